The van der Waals surface area contributed by atoms with E-state index in [-0.39, 0.29) is 5.92 Å². The standard InChI is InChI=1S/C14H18O3/c1-4-5-6-12(10-15)11-7-8-13(16-2)14(9-11)17-3/h4,7-10,12H,1,5-6H2,2-3H3. The van der Waals surface area contributed by atoms with Crippen LogP contribution in [0.15, 0.2) is 30.9 Å². The fourth-order valence-corrected chi connectivity index (χ4v) is 1.69. The van der Waals surface area contributed by atoms with E-state index in [9.17, 15) is 4.79 Å². The number of benzene rings is 1. The van der Waals surface area contributed by atoms with Gasteiger partial charge in [0.15, 0.2) is 11.5 Å². The van der Waals surface area contributed by atoms with Crippen molar-refractivity contribution >= 4 is 6.29 Å². The summed E-state index contributed by atoms with van der Waals surface area (Å²) in [5, 5.41) is 0. The molecule has 0 spiro atoms. The molecule has 1 rings (SSSR count). The molecule has 1 unspecified atom stereocenters. The van der Waals surface area contributed by atoms with Gasteiger partial charge in [-0.2, -0.15) is 0 Å². The van der Waals surface area contributed by atoms with Gasteiger partial charge in [-0.15, -0.1) is 6.58 Å². The predicted molar refractivity (Wildman–Crippen MR) is 67.8 cm³/mol. The molecule has 0 radical (unpaired) electrons. The summed E-state index contributed by atoms with van der Waals surface area (Å²) in [6.07, 6.45) is 4.36. The first-order valence-electron chi connectivity index (χ1n) is 5.55. The van der Waals surface area contributed by atoms with E-state index in [1.165, 1.54) is 0 Å². The molecule has 92 valence electrons. The summed E-state index contributed by atoms with van der Waals surface area (Å²) in [7, 11) is 3.17. The molecule has 17 heavy (non-hydrogen) atoms. The second kappa shape index (κ2) is 6.74. The lowest BCUT2D eigenvalue weighted by Gasteiger charge is -2.13. The zero-order valence-corrected chi connectivity index (χ0v) is 10.3. The molecule has 0 bridgehead atoms. The highest BCUT2D eigenvalue weighted by Gasteiger charge is 2.12. The Morgan fingerprint density at radius 1 is 1.29 bits per heavy atom. The summed E-state index contributed by atoms with van der Waals surface area (Å²) in [6, 6.07) is 5.56. The molecule has 0 aliphatic carbocycles. The Morgan fingerprint density at radius 3 is 2.53 bits per heavy atom. The molecule has 0 aliphatic heterocycles. The van der Waals surface area contributed by atoms with Crippen LogP contribution in [0, 0.1) is 0 Å². The highest BCUT2D eigenvalue weighted by atomic mass is 16.5. The number of rotatable bonds is 7. The molecule has 0 saturated heterocycles. The summed E-state index contributed by atoms with van der Waals surface area (Å²) in [4.78, 5) is 11.1. The summed E-state index contributed by atoms with van der Waals surface area (Å²) >= 11 is 0. The van der Waals surface area contributed by atoms with Crippen molar-refractivity contribution in [1.82, 2.24) is 0 Å². The van der Waals surface area contributed by atoms with Crippen molar-refractivity contribution in [3.63, 3.8) is 0 Å². The number of ether oxygens (including phenoxy) is 2. The molecule has 0 heterocycles. The first-order valence-corrected chi connectivity index (χ1v) is 5.55. The van der Waals surface area contributed by atoms with E-state index in [0.717, 1.165) is 24.7 Å². The zero-order chi connectivity index (χ0) is 12.7. The average molecular weight is 234 g/mol. The lowest BCUT2D eigenvalue weighted by atomic mass is 9.95. The van der Waals surface area contributed by atoms with Crippen molar-refractivity contribution in [2.45, 2.75) is 18.8 Å². The molecule has 0 aromatic heterocycles. The van der Waals surface area contributed by atoms with Crippen LogP contribution in [0.5, 0.6) is 11.5 Å². The predicted octanol–water partition coefficient (Wildman–Crippen LogP) is 2.95. The molecule has 0 amide bonds. The summed E-state index contributed by atoms with van der Waals surface area (Å²) in [5.74, 6) is 1.20. The largest absolute Gasteiger partial charge is 0.493 e. The number of hydrogen-bond donors (Lipinski definition) is 0. The monoisotopic (exact) mass is 234 g/mol. The van der Waals surface area contributed by atoms with E-state index >= 15 is 0 Å². The van der Waals surface area contributed by atoms with Gasteiger partial charge in [-0.25, -0.2) is 0 Å². The van der Waals surface area contributed by atoms with Crippen LogP contribution in [0.1, 0.15) is 24.3 Å². The van der Waals surface area contributed by atoms with Gasteiger partial charge in [-0.3, -0.25) is 0 Å². The number of hydrogen-bond acceptors (Lipinski definition) is 3. The van der Waals surface area contributed by atoms with E-state index < -0.39 is 0 Å². The minimum absolute atomic E-state index is 0.118. The van der Waals surface area contributed by atoms with Gasteiger partial charge in [0.25, 0.3) is 0 Å². The first-order chi connectivity index (χ1) is 8.26. The third-order valence-corrected chi connectivity index (χ3v) is 2.68. The highest BCUT2D eigenvalue weighted by molar-refractivity contribution is 5.63. The molecule has 0 fully saturated rings. The van der Waals surface area contributed by atoms with E-state index in [2.05, 4.69) is 6.58 Å². The first kappa shape index (κ1) is 13.3. The van der Waals surface area contributed by atoms with Crippen molar-refractivity contribution in [2.75, 3.05) is 14.2 Å². The maximum Gasteiger partial charge on any atom is 0.161 e. The minimum Gasteiger partial charge on any atom is -0.493 e. The van der Waals surface area contributed by atoms with Crippen molar-refractivity contribution in [3.05, 3.63) is 36.4 Å². The van der Waals surface area contributed by atoms with Gasteiger partial charge in [-0.05, 0) is 30.5 Å². The number of carbonyl (C=O) groups excluding carboxylic acids is 1. The third kappa shape index (κ3) is 3.34. The Kier molecular flexibility index (Phi) is 5.27. The summed E-state index contributed by atoms with van der Waals surface area (Å²) in [5.41, 5.74) is 0.944. The normalized spacial score (nSPS) is 11.6. The molecule has 0 N–H and O–H groups in total. The second-order valence-corrected chi connectivity index (χ2v) is 3.72. The molecule has 1 aromatic carbocycles. The summed E-state index contributed by atoms with van der Waals surface area (Å²) < 4.78 is 10.4. The van der Waals surface area contributed by atoms with Crippen LogP contribution in [-0.4, -0.2) is 20.5 Å². The third-order valence-electron chi connectivity index (χ3n) is 2.68. The molecule has 3 heteroatoms. The molecule has 0 aliphatic rings. The maximum atomic E-state index is 11.1. The fourth-order valence-electron chi connectivity index (χ4n) is 1.69. The highest BCUT2D eigenvalue weighted by Crippen LogP contribution is 2.31. The smallest absolute Gasteiger partial charge is 0.161 e. The fraction of sp³-hybridized carbons (Fsp3) is 0.357. The van der Waals surface area contributed by atoms with E-state index in [1.54, 1.807) is 14.2 Å². The van der Waals surface area contributed by atoms with Gasteiger partial charge in [0.05, 0.1) is 14.2 Å². The Bertz CT molecular complexity index is 385. The number of carbonyl (C=O) groups is 1. The Morgan fingerprint density at radius 2 is 2.00 bits per heavy atom. The quantitative estimate of drug-likeness (QED) is 0.537. The zero-order valence-electron chi connectivity index (χ0n) is 10.3. The van der Waals surface area contributed by atoms with Crippen molar-refractivity contribution < 1.29 is 14.3 Å². The lowest BCUT2D eigenvalue weighted by molar-refractivity contribution is -0.109. The minimum atomic E-state index is -0.118. The van der Waals surface area contributed by atoms with E-state index in [4.69, 9.17) is 9.47 Å². The van der Waals surface area contributed by atoms with E-state index in [0.29, 0.717) is 11.5 Å². The molecule has 3 nitrogen and oxygen atoms in total. The van der Waals surface area contributed by atoms with E-state index in [1.807, 2.05) is 24.3 Å². The molecule has 1 aromatic rings. The topological polar surface area (TPSA) is 35.5 Å². The van der Waals surface area contributed by atoms with Crippen molar-refractivity contribution in [1.29, 1.82) is 0 Å². The Hall–Kier alpha value is -1.77. The molecular formula is C14H18O3. The van der Waals surface area contributed by atoms with Gasteiger partial charge in [0, 0.05) is 5.92 Å². The van der Waals surface area contributed by atoms with Crippen molar-refractivity contribution in [3.8, 4) is 11.5 Å². The van der Waals surface area contributed by atoms with Crippen LogP contribution < -0.4 is 9.47 Å². The second-order valence-electron chi connectivity index (χ2n) is 3.72. The molecule has 1 atom stereocenters. The average Bonchev–Trinajstić information content (AvgIpc) is 2.39. The van der Waals surface area contributed by atoms with Gasteiger partial charge in [0.1, 0.15) is 6.29 Å². The van der Waals surface area contributed by atoms with Crippen LogP contribution in [-0.2, 0) is 4.79 Å². The van der Waals surface area contributed by atoms with Crippen LogP contribution in [0.25, 0.3) is 0 Å². The van der Waals surface area contributed by atoms with Crippen LogP contribution in [0.3, 0.4) is 0 Å². The molecular weight excluding hydrogens is 216 g/mol. The SMILES string of the molecule is C=CCCC(C=O)c1ccc(OC)c(OC)c1. The number of allylic oxidation sites excluding steroid dienone is 1. The Labute approximate surface area is 102 Å². The van der Waals surface area contributed by atoms with Crippen LogP contribution in [0.4, 0.5) is 0 Å². The van der Waals surface area contributed by atoms with Gasteiger partial charge in [-0.1, -0.05) is 12.1 Å². The number of aldehydes is 1. The van der Waals surface area contributed by atoms with Gasteiger partial charge >= 0.3 is 0 Å². The lowest BCUT2D eigenvalue weighted by Crippen LogP contribution is -2.01. The maximum absolute atomic E-state index is 11.1. The van der Waals surface area contributed by atoms with Crippen LogP contribution >= 0.6 is 0 Å². The van der Waals surface area contributed by atoms with Gasteiger partial charge < -0.3 is 14.3 Å². The number of methoxy groups -OCH3 is 2. The molecule has 0 saturated carbocycles. The van der Waals surface area contributed by atoms with Crippen molar-refractivity contribution in [2.24, 2.45) is 0 Å². The van der Waals surface area contributed by atoms with Crippen LogP contribution in [0.2, 0.25) is 0 Å². The Balaban J connectivity index is 2.95. The summed E-state index contributed by atoms with van der Waals surface area (Å²) in [6.45, 7) is 3.66. The van der Waals surface area contributed by atoms with Gasteiger partial charge in [0.2, 0.25) is 0 Å².